The Kier molecular flexibility index (Phi) is 3.52. The van der Waals surface area contributed by atoms with Gasteiger partial charge >= 0.3 is 17.9 Å². The van der Waals surface area contributed by atoms with Gasteiger partial charge in [0.25, 0.3) is 0 Å². The summed E-state index contributed by atoms with van der Waals surface area (Å²) >= 11 is 0. The van der Waals surface area contributed by atoms with Gasteiger partial charge in [0.2, 0.25) is 0 Å². The number of ether oxygens (including phenoxy) is 2. The van der Waals surface area contributed by atoms with E-state index >= 15 is 0 Å². The maximum absolute atomic E-state index is 12.1. The number of rotatable bonds is 1. The second-order valence-corrected chi connectivity index (χ2v) is 5.44. The fourth-order valence-electron chi connectivity index (χ4n) is 2.97. The molecule has 0 radical (unpaired) electrons. The molecule has 1 N–H and O–H groups in total. The van der Waals surface area contributed by atoms with Gasteiger partial charge in [-0.1, -0.05) is 31.2 Å². The average Bonchev–Trinajstić information content (AvgIpc) is 2.80. The largest absolute Gasteiger partial charge is 0.506 e. The molecule has 0 bridgehead atoms. The summed E-state index contributed by atoms with van der Waals surface area (Å²) < 4.78 is 9.31. The SMILES string of the molecule is COC(=O)/C1=C(\O)c2ccccc2C(C)CC2=C1C(=O)OC2=O. The van der Waals surface area contributed by atoms with Gasteiger partial charge in [-0.25, -0.2) is 14.4 Å². The summed E-state index contributed by atoms with van der Waals surface area (Å²) in [7, 11) is 1.14. The molecule has 1 aliphatic heterocycles. The van der Waals surface area contributed by atoms with E-state index in [-0.39, 0.29) is 29.1 Å². The van der Waals surface area contributed by atoms with Crippen molar-refractivity contribution < 1.29 is 29.0 Å². The Morgan fingerprint density at radius 3 is 2.65 bits per heavy atom. The summed E-state index contributed by atoms with van der Waals surface area (Å²) in [6, 6.07) is 6.97. The summed E-state index contributed by atoms with van der Waals surface area (Å²) in [6.45, 7) is 1.87. The Morgan fingerprint density at radius 1 is 1.26 bits per heavy atom. The van der Waals surface area contributed by atoms with Crippen molar-refractivity contribution in [3.63, 3.8) is 0 Å². The number of benzene rings is 1. The predicted molar refractivity (Wildman–Crippen MR) is 79.2 cm³/mol. The first kappa shape index (κ1) is 15.0. The second kappa shape index (κ2) is 5.39. The lowest BCUT2D eigenvalue weighted by Gasteiger charge is -2.20. The van der Waals surface area contributed by atoms with Crippen LogP contribution in [0.5, 0.6) is 0 Å². The number of cyclic esters (lactones) is 2. The van der Waals surface area contributed by atoms with Gasteiger partial charge in [-0.2, -0.15) is 0 Å². The normalized spacial score (nSPS) is 23.7. The molecule has 1 atom stereocenters. The van der Waals surface area contributed by atoms with Crippen LogP contribution in [0.1, 0.15) is 30.4 Å². The molecule has 118 valence electrons. The van der Waals surface area contributed by atoms with E-state index < -0.39 is 23.7 Å². The third kappa shape index (κ3) is 2.23. The second-order valence-electron chi connectivity index (χ2n) is 5.44. The molecule has 1 aliphatic carbocycles. The summed E-state index contributed by atoms with van der Waals surface area (Å²) in [6.07, 6.45) is 0.227. The molecule has 0 saturated heterocycles. The Hall–Kier alpha value is -2.89. The van der Waals surface area contributed by atoms with Gasteiger partial charge in [-0.3, -0.25) is 0 Å². The molecule has 3 rings (SSSR count). The topological polar surface area (TPSA) is 89.9 Å². The fourth-order valence-corrected chi connectivity index (χ4v) is 2.97. The highest BCUT2D eigenvalue weighted by Gasteiger charge is 2.41. The molecular weight excluding hydrogens is 300 g/mol. The number of esters is 3. The van der Waals surface area contributed by atoms with Crippen molar-refractivity contribution >= 4 is 23.7 Å². The van der Waals surface area contributed by atoms with Crippen LogP contribution in [0.4, 0.5) is 0 Å². The minimum absolute atomic E-state index is 0.0870. The first-order valence-corrected chi connectivity index (χ1v) is 7.06. The van der Waals surface area contributed by atoms with Crippen molar-refractivity contribution in [1.82, 2.24) is 0 Å². The number of hydrogen-bond donors (Lipinski definition) is 1. The van der Waals surface area contributed by atoms with Gasteiger partial charge in [0, 0.05) is 5.56 Å². The molecule has 6 heteroatoms. The molecule has 0 fully saturated rings. The average molecular weight is 314 g/mol. The lowest BCUT2D eigenvalue weighted by atomic mass is 9.83. The van der Waals surface area contributed by atoms with Crippen LogP contribution in [0.15, 0.2) is 41.0 Å². The molecule has 1 heterocycles. The molecule has 0 aromatic heterocycles. The summed E-state index contributed by atoms with van der Waals surface area (Å²) in [5, 5.41) is 10.6. The third-order valence-corrected chi connectivity index (χ3v) is 4.07. The van der Waals surface area contributed by atoms with Crippen molar-refractivity contribution in [3.8, 4) is 0 Å². The van der Waals surface area contributed by atoms with Crippen molar-refractivity contribution in [3.05, 3.63) is 52.1 Å². The number of carbonyl (C=O) groups is 3. The van der Waals surface area contributed by atoms with Crippen molar-refractivity contribution in [2.24, 2.45) is 0 Å². The number of aliphatic hydroxyl groups is 1. The smallest absolute Gasteiger partial charge is 0.347 e. The first-order valence-electron chi connectivity index (χ1n) is 7.06. The number of carbonyl (C=O) groups excluding carboxylic acids is 3. The summed E-state index contributed by atoms with van der Waals surface area (Å²) in [4.78, 5) is 36.1. The molecular formula is C17H14O6. The molecule has 23 heavy (non-hydrogen) atoms. The van der Waals surface area contributed by atoms with Crippen LogP contribution >= 0.6 is 0 Å². The molecule has 1 unspecified atom stereocenters. The Bertz CT molecular complexity index is 799. The number of fused-ring (bicyclic) bond motifs is 1. The third-order valence-electron chi connectivity index (χ3n) is 4.07. The van der Waals surface area contributed by atoms with E-state index in [2.05, 4.69) is 9.47 Å². The molecule has 6 nitrogen and oxygen atoms in total. The Labute approximate surface area is 132 Å². The van der Waals surface area contributed by atoms with Gasteiger partial charge in [0.1, 0.15) is 11.3 Å². The van der Waals surface area contributed by atoms with Crippen LogP contribution in [0.25, 0.3) is 5.76 Å². The van der Waals surface area contributed by atoms with Crippen LogP contribution in [-0.4, -0.2) is 30.1 Å². The van der Waals surface area contributed by atoms with Crippen LogP contribution in [0.2, 0.25) is 0 Å². The molecule has 0 spiro atoms. The quantitative estimate of drug-likeness (QED) is 0.630. The van der Waals surface area contributed by atoms with Gasteiger partial charge in [-0.15, -0.1) is 0 Å². The number of hydrogen-bond acceptors (Lipinski definition) is 6. The van der Waals surface area contributed by atoms with Crippen molar-refractivity contribution in [2.75, 3.05) is 7.11 Å². The van der Waals surface area contributed by atoms with E-state index in [0.29, 0.717) is 5.56 Å². The van der Waals surface area contributed by atoms with Crippen LogP contribution in [0, 0.1) is 0 Å². The van der Waals surface area contributed by atoms with Crippen molar-refractivity contribution in [2.45, 2.75) is 19.3 Å². The highest BCUT2D eigenvalue weighted by atomic mass is 16.6. The predicted octanol–water partition coefficient (Wildman–Crippen LogP) is 2.02. The molecule has 0 saturated carbocycles. The minimum atomic E-state index is -0.941. The van der Waals surface area contributed by atoms with E-state index in [4.69, 9.17) is 0 Å². The van der Waals surface area contributed by atoms with E-state index in [1.54, 1.807) is 24.3 Å². The fraction of sp³-hybridized carbons (Fsp3) is 0.235. The van der Waals surface area contributed by atoms with Gasteiger partial charge < -0.3 is 14.6 Å². The van der Waals surface area contributed by atoms with Crippen molar-refractivity contribution in [1.29, 1.82) is 0 Å². The van der Waals surface area contributed by atoms with Gasteiger partial charge in [0.05, 0.1) is 18.3 Å². The number of aliphatic hydroxyl groups excluding tert-OH is 1. The zero-order valence-electron chi connectivity index (χ0n) is 12.6. The maximum atomic E-state index is 12.1. The number of methoxy groups -OCH3 is 1. The summed E-state index contributed by atoms with van der Waals surface area (Å²) in [5.41, 5.74) is 0.742. The van der Waals surface area contributed by atoms with E-state index in [9.17, 15) is 19.5 Å². The van der Waals surface area contributed by atoms with E-state index in [1.165, 1.54) is 0 Å². The zero-order valence-corrected chi connectivity index (χ0v) is 12.6. The van der Waals surface area contributed by atoms with Crippen LogP contribution in [-0.2, 0) is 23.9 Å². The molecule has 2 aliphatic rings. The molecule has 1 aromatic rings. The Balaban J connectivity index is 2.37. The zero-order chi connectivity index (χ0) is 16.7. The van der Waals surface area contributed by atoms with E-state index in [1.807, 2.05) is 6.92 Å². The Morgan fingerprint density at radius 2 is 1.96 bits per heavy atom. The lowest BCUT2D eigenvalue weighted by molar-refractivity contribution is -0.151. The minimum Gasteiger partial charge on any atom is -0.506 e. The van der Waals surface area contributed by atoms with Crippen LogP contribution in [0.3, 0.4) is 0 Å². The monoisotopic (exact) mass is 314 g/mol. The summed E-state index contributed by atoms with van der Waals surface area (Å²) in [5.74, 6) is -3.16. The first-order chi connectivity index (χ1) is 11.0. The van der Waals surface area contributed by atoms with Gasteiger partial charge in [-0.05, 0) is 17.9 Å². The highest BCUT2D eigenvalue weighted by Crippen LogP contribution is 2.40. The standard InChI is InChI=1S/C17H14O6/c1-8-7-11-12(17(21)23-15(11)19)13(16(20)22-2)14(18)10-6-4-3-5-9(8)10/h3-6,8,18H,7H2,1-2H3/b14-13-. The molecule has 0 amide bonds. The molecule has 1 aromatic carbocycles. The highest BCUT2D eigenvalue weighted by molar-refractivity contribution is 6.21. The lowest BCUT2D eigenvalue weighted by Crippen LogP contribution is -2.17. The van der Waals surface area contributed by atoms with Gasteiger partial charge in [0.15, 0.2) is 0 Å². The maximum Gasteiger partial charge on any atom is 0.347 e. The van der Waals surface area contributed by atoms with E-state index in [0.717, 1.165) is 12.7 Å². The van der Waals surface area contributed by atoms with Crippen LogP contribution < -0.4 is 0 Å².